The van der Waals surface area contributed by atoms with Crippen LogP contribution in [0.15, 0.2) is 18.2 Å². The van der Waals surface area contributed by atoms with Gasteiger partial charge in [-0.05, 0) is 31.9 Å². The second-order valence-corrected chi connectivity index (χ2v) is 5.82. The molecule has 2 aromatic rings. The van der Waals surface area contributed by atoms with E-state index in [0.29, 0.717) is 11.7 Å². The van der Waals surface area contributed by atoms with E-state index >= 15 is 0 Å². The maximum Gasteiger partial charge on any atom is 0.121 e. The molecule has 1 aromatic carbocycles. The zero-order chi connectivity index (χ0) is 14.0. The second-order valence-electron chi connectivity index (χ2n) is 5.51. The van der Waals surface area contributed by atoms with Crippen molar-refractivity contribution in [3.8, 4) is 5.75 Å². The predicted octanol–water partition coefficient (Wildman–Crippen LogP) is 3.91. The van der Waals surface area contributed by atoms with E-state index in [1.54, 1.807) is 0 Å². The van der Waals surface area contributed by atoms with E-state index in [4.69, 9.17) is 4.74 Å². The molecule has 0 atom stereocenters. The molecule has 0 saturated heterocycles. The van der Waals surface area contributed by atoms with Gasteiger partial charge in [-0.1, -0.05) is 13.8 Å². The van der Waals surface area contributed by atoms with Crippen LogP contribution < -0.4 is 4.74 Å². The molecule has 0 bridgehead atoms. The van der Waals surface area contributed by atoms with Crippen molar-refractivity contribution in [2.45, 2.75) is 46.1 Å². The van der Waals surface area contributed by atoms with Crippen LogP contribution in [0.4, 0.5) is 0 Å². The number of aromatic nitrogens is 2. The summed E-state index contributed by atoms with van der Waals surface area (Å²) in [5.74, 6) is 3.14. The molecule has 3 nitrogen and oxygen atoms in total. The SMILES string of the molecule is CC(C)Cn1c(CS)nc2cc(OC(C)C)ccc21. The van der Waals surface area contributed by atoms with Crippen molar-refractivity contribution in [1.29, 1.82) is 0 Å². The Labute approximate surface area is 120 Å². The highest BCUT2D eigenvalue weighted by atomic mass is 32.1. The summed E-state index contributed by atoms with van der Waals surface area (Å²) in [6, 6.07) is 6.12. The largest absolute Gasteiger partial charge is 0.491 e. The first kappa shape index (κ1) is 14.3. The molecule has 1 aromatic heterocycles. The topological polar surface area (TPSA) is 27.1 Å². The van der Waals surface area contributed by atoms with Gasteiger partial charge in [0.1, 0.15) is 11.6 Å². The van der Waals surface area contributed by atoms with Gasteiger partial charge < -0.3 is 9.30 Å². The van der Waals surface area contributed by atoms with Gasteiger partial charge in [-0.25, -0.2) is 4.98 Å². The van der Waals surface area contributed by atoms with Crippen LogP contribution in [0.25, 0.3) is 11.0 Å². The van der Waals surface area contributed by atoms with Crippen LogP contribution in [-0.2, 0) is 12.3 Å². The van der Waals surface area contributed by atoms with Gasteiger partial charge in [-0.2, -0.15) is 12.6 Å². The highest BCUT2D eigenvalue weighted by Crippen LogP contribution is 2.24. The average molecular weight is 278 g/mol. The number of hydrogen-bond donors (Lipinski definition) is 1. The smallest absolute Gasteiger partial charge is 0.121 e. The third-order valence-corrected chi connectivity index (χ3v) is 3.14. The molecular weight excluding hydrogens is 256 g/mol. The van der Waals surface area contributed by atoms with Crippen molar-refractivity contribution in [2.75, 3.05) is 0 Å². The lowest BCUT2D eigenvalue weighted by Crippen LogP contribution is -2.07. The summed E-state index contributed by atoms with van der Waals surface area (Å²) in [6.07, 6.45) is 0.180. The Bertz CT molecular complexity index is 561. The molecule has 0 aliphatic heterocycles. The van der Waals surface area contributed by atoms with E-state index in [-0.39, 0.29) is 6.10 Å². The molecule has 0 unspecified atom stereocenters. The van der Waals surface area contributed by atoms with Crippen molar-refractivity contribution in [1.82, 2.24) is 9.55 Å². The molecule has 0 saturated carbocycles. The molecule has 2 rings (SSSR count). The van der Waals surface area contributed by atoms with E-state index in [0.717, 1.165) is 29.2 Å². The molecule has 104 valence electrons. The molecule has 19 heavy (non-hydrogen) atoms. The van der Waals surface area contributed by atoms with Crippen LogP contribution in [0, 0.1) is 5.92 Å². The predicted molar refractivity (Wildman–Crippen MR) is 83.0 cm³/mol. The number of nitrogens with zero attached hydrogens (tertiary/aromatic N) is 2. The van der Waals surface area contributed by atoms with Gasteiger partial charge in [0.2, 0.25) is 0 Å². The summed E-state index contributed by atoms with van der Waals surface area (Å²) in [7, 11) is 0. The first-order valence-electron chi connectivity index (χ1n) is 6.78. The van der Waals surface area contributed by atoms with Crippen LogP contribution in [-0.4, -0.2) is 15.7 Å². The molecule has 0 aliphatic rings. The number of benzene rings is 1. The van der Waals surface area contributed by atoms with Gasteiger partial charge in [0.15, 0.2) is 0 Å². The van der Waals surface area contributed by atoms with E-state index < -0.39 is 0 Å². The monoisotopic (exact) mass is 278 g/mol. The van der Waals surface area contributed by atoms with Crippen LogP contribution >= 0.6 is 12.6 Å². The third kappa shape index (κ3) is 3.24. The van der Waals surface area contributed by atoms with E-state index in [1.807, 2.05) is 26.0 Å². The Morgan fingerprint density at radius 2 is 2.00 bits per heavy atom. The summed E-state index contributed by atoms with van der Waals surface area (Å²) in [5.41, 5.74) is 2.15. The molecule has 0 N–H and O–H groups in total. The first-order valence-corrected chi connectivity index (χ1v) is 7.41. The van der Waals surface area contributed by atoms with Gasteiger partial charge in [0.05, 0.1) is 17.1 Å². The van der Waals surface area contributed by atoms with Crippen molar-refractivity contribution >= 4 is 23.7 Å². The molecule has 0 spiro atoms. The lowest BCUT2D eigenvalue weighted by molar-refractivity contribution is 0.242. The molecule has 0 amide bonds. The minimum Gasteiger partial charge on any atom is -0.491 e. The first-order chi connectivity index (χ1) is 9.01. The molecule has 4 heteroatoms. The number of fused-ring (bicyclic) bond motifs is 1. The molecule has 0 radical (unpaired) electrons. The summed E-state index contributed by atoms with van der Waals surface area (Å²) >= 11 is 4.38. The number of thiol groups is 1. The van der Waals surface area contributed by atoms with E-state index in [2.05, 4.69) is 42.1 Å². The fraction of sp³-hybridized carbons (Fsp3) is 0.533. The summed E-state index contributed by atoms with van der Waals surface area (Å²) in [5, 5.41) is 0. The quantitative estimate of drug-likeness (QED) is 0.840. The van der Waals surface area contributed by atoms with Gasteiger partial charge in [-0.3, -0.25) is 0 Å². The fourth-order valence-electron chi connectivity index (χ4n) is 2.19. The van der Waals surface area contributed by atoms with Gasteiger partial charge in [-0.15, -0.1) is 0 Å². The number of rotatable bonds is 5. The van der Waals surface area contributed by atoms with Gasteiger partial charge in [0.25, 0.3) is 0 Å². The number of hydrogen-bond acceptors (Lipinski definition) is 3. The number of imidazole rings is 1. The Morgan fingerprint density at radius 3 is 2.58 bits per heavy atom. The van der Waals surface area contributed by atoms with Crippen molar-refractivity contribution in [2.24, 2.45) is 5.92 Å². The average Bonchev–Trinajstić information content (AvgIpc) is 2.65. The van der Waals surface area contributed by atoms with Crippen LogP contribution in [0.1, 0.15) is 33.5 Å². The second kappa shape index (κ2) is 5.87. The van der Waals surface area contributed by atoms with Crippen molar-refractivity contribution in [3.63, 3.8) is 0 Å². The Kier molecular flexibility index (Phi) is 4.40. The third-order valence-electron chi connectivity index (χ3n) is 2.86. The van der Waals surface area contributed by atoms with Crippen LogP contribution in [0.2, 0.25) is 0 Å². The Morgan fingerprint density at radius 1 is 1.26 bits per heavy atom. The minimum atomic E-state index is 0.180. The maximum absolute atomic E-state index is 5.72. The van der Waals surface area contributed by atoms with Gasteiger partial charge in [0, 0.05) is 18.4 Å². The molecule has 1 heterocycles. The summed E-state index contributed by atoms with van der Waals surface area (Å²) < 4.78 is 7.97. The lowest BCUT2D eigenvalue weighted by Gasteiger charge is -2.11. The standard InChI is InChI=1S/C15H22N2OS/c1-10(2)8-17-14-6-5-12(18-11(3)4)7-13(14)16-15(17)9-19/h5-7,10-11,19H,8-9H2,1-4H3. The Balaban J connectivity index is 2.44. The zero-order valence-corrected chi connectivity index (χ0v) is 12.9. The number of ether oxygens (including phenoxy) is 1. The van der Waals surface area contributed by atoms with Gasteiger partial charge >= 0.3 is 0 Å². The minimum absolute atomic E-state index is 0.180. The lowest BCUT2D eigenvalue weighted by atomic mass is 10.2. The molecule has 0 aliphatic carbocycles. The van der Waals surface area contributed by atoms with Crippen molar-refractivity contribution in [3.05, 3.63) is 24.0 Å². The Hall–Kier alpha value is -1.16. The van der Waals surface area contributed by atoms with E-state index in [9.17, 15) is 0 Å². The zero-order valence-electron chi connectivity index (χ0n) is 12.1. The van der Waals surface area contributed by atoms with Crippen molar-refractivity contribution < 1.29 is 4.74 Å². The summed E-state index contributed by atoms with van der Waals surface area (Å²) in [4.78, 5) is 4.66. The molecular formula is C15H22N2OS. The molecule has 0 fully saturated rings. The normalized spacial score (nSPS) is 11.7. The van der Waals surface area contributed by atoms with Crippen LogP contribution in [0.3, 0.4) is 0 Å². The fourth-order valence-corrected chi connectivity index (χ4v) is 2.44. The highest BCUT2D eigenvalue weighted by molar-refractivity contribution is 7.79. The highest BCUT2D eigenvalue weighted by Gasteiger charge is 2.11. The van der Waals surface area contributed by atoms with Crippen LogP contribution in [0.5, 0.6) is 5.75 Å². The van der Waals surface area contributed by atoms with E-state index in [1.165, 1.54) is 0 Å². The maximum atomic E-state index is 5.72. The summed E-state index contributed by atoms with van der Waals surface area (Å²) in [6.45, 7) is 9.45.